The lowest BCUT2D eigenvalue weighted by Gasteiger charge is -2.09. The van der Waals surface area contributed by atoms with Gasteiger partial charge in [0.1, 0.15) is 5.75 Å². The van der Waals surface area contributed by atoms with Crippen LogP contribution in [0, 0.1) is 3.57 Å². The summed E-state index contributed by atoms with van der Waals surface area (Å²) in [7, 11) is 0. The second-order valence-electron chi connectivity index (χ2n) is 3.97. The number of amides is 1. The molecular formula is C14H10INO4. The topological polar surface area (TPSA) is 86.6 Å². The molecule has 0 unspecified atom stereocenters. The zero-order chi connectivity index (χ0) is 14.7. The van der Waals surface area contributed by atoms with Crippen LogP contribution < -0.4 is 5.32 Å². The van der Waals surface area contributed by atoms with Gasteiger partial charge in [-0.1, -0.05) is 12.1 Å². The molecule has 0 aliphatic heterocycles. The number of nitrogens with one attached hydrogen (secondary N) is 1. The maximum atomic E-state index is 12.1. The SMILES string of the molecule is O=C(Nc1ccccc1C(=O)O)c1cc(I)ccc1O. The van der Waals surface area contributed by atoms with E-state index >= 15 is 0 Å². The van der Waals surface area contributed by atoms with Crippen LogP contribution in [-0.4, -0.2) is 22.1 Å². The first-order valence-corrected chi connectivity index (χ1v) is 6.69. The molecule has 2 aromatic carbocycles. The molecule has 0 saturated heterocycles. The molecule has 0 bridgehead atoms. The molecule has 0 radical (unpaired) electrons. The number of halogens is 1. The number of carboxylic acids is 1. The third kappa shape index (κ3) is 3.08. The lowest BCUT2D eigenvalue weighted by atomic mass is 10.1. The number of benzene rings is 2. The molecule has 20 heavy (non-hydrogen) atoms. The summed E-state index contributed by atoms with van der Waals surface area (Å²) in [6, 6.07) is 10.7. The lowest BCUT2D eigenvalue weighted by Crippen LogP contribution is -2.15. The van der Waals surface area contributed by atoms with Gasteiger partial charge < -0.3 is 15.5 Å². The van der Waals surface area contributed by atoms with E-state index in [2.05, 4.69) is 5.32 Å². The van der Waals surface area contributed by atoms with Crippen LogP contribution in [0.15, 0.2) is 42.5 Å². The van der Waals surface area contributed by atoms with Crippen molar-refractivity contribution in [3.8, 4) is 5.75 Å². The van der Waals surface area contributed by atoms with Crippen LogP contribution in [0.4, 0.5) is 5.69 Å². The van der Waals surface area contributed by atoms with Crippen molar-refractivity contribution in [2.75, 3.05) is 5.32 Å². The fourth-order valence-electron chi connectivity index (χ4n) is 1.66. The summed E-state index contributed by atoms with van der Waals surface area (Å²) >= 11 is 2.02. The minimum atomic E-state index is -1.13. The molecule has 2 rings (SSSR count). The number of para-hydroxylation sites is 1. The number of rotatable bonds is 3. The maximum Gasteiger partial charge on any atom is 0.337 e. The van der Waals surface area contributed by atoms with E-state index in [0.717, 1.165) is 3.57 Å². The summed E-state index contributed by atoms with van der Waals surface area (Å²) in [6.45, 7) is 0. The fraction of sp³-hybridized carbons (Fsp3) is 0. The van der Waals surface area contributed by atoms with Gasteiger partial charge in [0.25, 0.3) is 5.91 Å². The number of phenols is 1. The minimum Gasteiger partial charge on any atom is -0.507 e. The van der Waals surface area contributed by atoms with Gasteiger partial charge in [-0.15, -0.1) is 0 Å². The molecule has 0 spiro atoms. The maximum absolute atomic E-state index is 12.1. The first-order chi connectivity index (χ1) is 9.49. The van der Waals surface area contributed by atoms with Crippen molar-refractivity contribution in [1.82, 2.24) is 0 Å². The average Bonchev–Trinajstić information content (AvgIpc) is 2.41. The highest BCUT2D eigenvalue weighted by Crippen LogP contribution is 2.22. The summed E-state index contributed by atoms with van der Waals surface area (Å²) in [6.07, 6.45) is 0. The second kappa shape index (κ2) is 5.91. The number of aromatic hydroxyl groups is 1. The largest absolute Gasteiger partial charge is 0.507 e. The Kier molecular flexibility index (Phi) is 4.23. The number of hydrogen-bond acceptors (Lipinski definition) is 3. The van der Waals surface area contributed by atoms with Crippen molar-refractivity contribution in [2.24, 2.45) is 0 Å². The van der Waals surface area contributed by atoms with Crippen LogP contribution in [0.2, 0.25) is 0 Å². The molecule has 0 heterocycles. The lowest BCUT2D eigenvalue weighted by molar-refractivity contribution is 0.0698. The molecule has 0 atom stereocenters. The number of anilines is 1. The molecular weight excluding hydrogens is 373 g/mol. The zero-order valence-corrected chi connectivity index (χ0v) is 12.3. The number of hydrogen-bond donors (Lipinski definition) is 3. The monoisotopic (exact) mass is 383 g/mol. The van der Waals surface area contributed by atoms with Crippen molar-refractivity contribution < 1.29 is 19.8 Å². The number of phenolic OH excluding ortho intramolecular Hbond substituents is 1. The van der Waals surface area contributed by atoms with Gasteiger partial charge in [0.15, 0.2) is 0 Å². The van der Waals surface area contributed by atoms with E-state index < -0.39 is 11.9 Å². The van der Waals surface area contributed by atoms with Crippen molar-refractivity contribution in [2.45, 2.75) is 0 Å². The van der Waals surface area contributed by atoms with Crippen molar-refractivity contribution in [3.05, 3.63) is 57.2 Å². The molecule has 2 aromatic rings. The predicted octanol–water partition coefficient (Wildman–Crippen LogP) is 2.95. The van der Waals surface area contributed by atoms with Crippen molar-refractivity contribution in [3.63, 3.8) is 0 Å². The first-order valence-electron chi connectivity index (χ1n) is 5.61. The molecule has 0 fully saturated rings. The summed E-state index contributed by atoms with van der Waals surface area (Å²) in [5.41, 5.74) is 0.270. The molecule has 102 valence electrons. The highest BCUT2D eigenvalue weighted by atomic mass is 127. The Labute approximate surface area is 128 Å². The van der Waals surface area contributed by atoms with E-state index in [1.807, 2.05) is 22.6 Å². The van der Waals surface area contributed by atoms with E-state index in [-0.39, 0.29) is 22.6 Å². The first kappa shape index (κ1) is 14.3. The van der Waals surface area contributed by atoms with Gasteiger partial charge in [-0.05, 0) is 52.9 Å². The Hall–Kier alpha value is -2.09. The zero-order valence-electron chi connectivity index (χ0n) is 10.1. The quantitative estimate of drug-likeness (QED) is 0.712. The summed E-state index contributed by atoms with van der Waals surface area (Å²) in [5.74, 6) is -1.85. The number of carbonyl (C=O) groups is 2. The Balaban J connectivity index is 2.33. The van der Waals surface area contributed by atoms with Crippen LogP contribution in [0.1, 0.15) is 20.7 Å². The fourth-order valence-corrected chi connectivity index (χ4v) is 2.15. The highest BCUT2D eigenvalue weighted by Gasteiger charge is 2.15. The van der Waals surface area contributed by atoms with Crippen molar-refractivity contribution >= 4 is 40.2 Å². The van der Waals surface area contributed by atoms with Gasteiger partial charge in [-0.25, -0.2) is 4.79 Å². The van der Waals surface area contributed by atoms with Crippen LogP contribution >= 0.6 is 22.6 Å². The average molecular weight is 383 g/mol. The van der Waals surface area contributed by atoms with Gasteiger partial charge in [-0.2, -0.15) is 0 Å². The van der Waals surface area contributed by atoms with Gasteiger partial charge in [-0.3, -0.25) is 4.79 Å². The highest BCUT2D eigenvalue weighted by molar-refractivity contribution is 14.1. The minimum absolute atomic E-state index is 0.00836. The molecule has 3 N–H and O–H groups in total. The second-order valence-corrected chi connectivity index (χ2v) is 5.21. The smallest absolute Gasteiger partial charge is 0.337 e. The van der Waals surface area contributed by atoms with E-state index in [4.69, 9.17) is 5.11 Å². The van der Waals surface area contributed by atoms with E-state index in [1.54, 1.807) is 18.2 Å². The molecule has 0 aliphatic rings. The molecule has 1 amide bonds. The van der Waals surface area contributed by atoms with Crippen LogP contribution in [0.5, 0.6) is 5.75 Å². The van der Waals surface area contributed by atoms with Gasteiger partial charge in [0, 0.05) is 3.57 Å². The predicted molar refractivity (Wildman–Crippen MR) is 82.2 cm³/mol. The van der Waals surface area contributed by atoms with E-state index in [9.17, 15) is 14.7 Å². The number of carbonyl (C=O) groups excluding carboxylic acids is 1. The standard InChI is InChI=1S/C14H10INO4/c15-8-5-6-12(17)10(7-8)13(18)16-11-4-2-1-3-9(11)14(19)20/h1-7,17H,(H,16,18)(H,19,20). The Bertz CT molecular complexity index is 685. The van der Waals surface area contributed by atoms with E-state index in [0.29, 0.717) is 0 Å². The Morgan fingerprint density at radius 1 is 1.05 bits per heavy atom. The Morgan fingerprint density at radius 3 is 2.45 bits per heavy atom. The Morgan fingerprint density at radius 2 is 1.75 bits per heavy atom. The van der Waals surface area contributed by atoms with Gasteiger partial charge in [0.2, 0.25) is 0 Å². The third-order valence-electron chi connectivity index (χ3n) is 2.61. The normalized spacial score (nSPS) is 10.1. The summed E-state index contributed by atoms with van der Waals surface area (Å²) in [5, 5.41) is 21.2. The van der Waals surface area contributed by atoms with Crippen LogP contribution in [0.25, 0.3) is 0 Å². The molecule has 5 nitrogen and oxygen atoms in total. The number of carboxylic acid groups (broad SMARTS) is 1. The third-order valence-corrected chi connectivity index (χ3v) is 3.28. The van der Waals surface area contributed by atoms with Crippen LogP contribution in [-0.2, 0) is 0 Å². The molecule has 6 heteroatoms. The van der Waals surface area contributed by atoms with Gasteiger partial charge >= 0.3 is 5.97 Å². The van der Waals surface area contributed by atoms with Crippen molar-refractivity contribution in [1.29, 1.82) is 0 Å². The van der Waals surface area contributed by atoms with Crippen LogP contribution in [0.3, 0.4) is 0 Å². The molecule has 0 saturated carbocycles. The molecule has 0 aromatic heterocycles. The molecule has 0 aliphatic carbocycles. The van der Waals surface area contributed by atoms with Gasteiger partial charge in [0.05, 0.1) is 16.8 Å². The summed E-state index contributed by atoms with van der Waals surface area (Å²) < 4.78 is 0.789. The summed E-state index contributed by atoms with van der Waals surface area (Å²) in [4.78, 5) is 23.2. The van der Waals surface area contributed by atoms with E-state index in [1.165, 1.54) is 24.3 Å². The number of aromatic carboxylic acids is 1.